The number of guanidine groups is 1. The number of rotatable bonds is 5. The summed E-state index contributed by atoms with van der Waals surface area (Å²) in [5, 5.41) is 9.68. The molecule has 0 saturated heterocycles. The van der Waals surface area contributed by atoms with Gasteiger partial charge in [-0.05, 0) is 36.2 Å². The smallest absolute Gasteiger partial charge is 0.243 e. The number of hydrogen-bond donors (Lipinski definition) is 3. The summed E-state index contributed by atoms with van der Waals surface area (Å²) in [7, 11) is 1.65. The number of nitrogens with zero attached hydrogens (tertiary/aromatic N) is 1. The molecule has 0 atom stereocenters. The van der Waals surface area contributed by atoms with Crippen LogP contribution in [0.2, 0.25) is 5.02 Å². The summed E-state index contributed by atoms with van der Waals surface area (Å²) in [5.41, 5.74) is 2.74. The summed E-state index contributed by atoms with van der Waals surface area (Å²) >= 11 is 9.53. The number of aliphatic imine (C=N–C) groups is 1. The molecule has 0 aliphatic heterocycles. The Morgan fingerprint density at radius 3 is 2.62 bits per heavy atom. The summed E-state index contributed by atoms with van der Waals surface area (Å²) in [4.78, 5) is 16.2. The molecule has 3 N–H and O–H groups in total. The molecular weight excluding hydrogens is 530 g/mol. The maximum Gasteiger partial charge on any atom is 0.243 e. The van der Waals surface area contributed by atoms with E-state index in [1.165, 1.54) is 0 Å². The molecule has 0 bridgehead atoms. The lowest BCUT2D eigenvalue weighted by Gasteiger charge is -2.13. The van der Waals surface area contributed by atoms with Crippen LogP contribution in [-0.4, -0.2) is 25.5 Å². The van der Waals surface area contributed by atoms with E-state index < -0.39 is 0 Å². The van der Waals surface area contributed by atoms with Crippen LogP contribution >= 0.6 is 51.5 Å². The van der Waals surface area contributed by atoms with Gasteiger partial charge in [-0.2, -0.15) is 0 Å². The third-order valence-electron chi connectivity index (χ3n) is 3.52. The van der Waals surface area contributed by atoms with E-state index in [0.717, 1.165) is 21.3 Å². The molecule has 5 nitrogen and oxygen atoms in total. The van der Waals surface area contributed by atoms with Crippen LogP contribution in [-0.2, 0) is 11.3 Å². The molecule has 0 aromatic heterocycles. The fraction of sp³-hybridized carbons (Fsp3) is 0.222. The van der Waals surface area contributed by atoms with E-state index in [9.17, 15) is 4.79 Å². The van der Waals surface area contributed by atoms with Crippen LogP contribution in [0.4, 0.5) is 5.69 Å². The van der Waals surface area contributed by atoms with Gasteiger partial charge in [0.15, 0.2) is 5.96 Å². The molecule has 140 valence electrons. The Hall–Kier alpha value is -1.32. The van der Waals surface area contributed by atoms with Crippen molar-refractivity contribution in [3.8, 4) is 0 Å². The standard InChI is InChI=1S/C18H20BrClN4O.HI/c1-12-7-8-14(19)9-16(12)24-17(25)11-23-18(21-2)22-10-13-5-3-4-6-15(13)20;/h3-9H,10-11H2,1-2H3,(H,24,25)(H2,21,22,23);1H. The summed E-state index contributed by atoms with van der Waals surface area (Å²) in [5.74, 6) is 0.378. The normalized spacial score (nSPS) is 10.7. The SMILES string of the molecule is CN=C(NCC(=O)Nc1cc(Br)ccc1C)NCc1ccccc1Cl.I. The van der Waals surface area contributed by atoms with Crippen molar-refractivity contribution < 1.29 is 4.79 Å². The van der Waals surface area contributed by atoms with Crippen LogP contribution < -0.4 is 16.0 Å². The lowest BCUT2D eigenvalue weighted by atomic mass is 10.2. The first-order valence-electron chi connectivity index (χ1n) is 7.73. The highest BCUT2D eigenvalue weighted by Crippen LogP contribution is 2.20. The Kier molecular flexibility index (Phi) is 9.97. The van der Waals surface area contributed by atoms with Crippen LogP contribution in [0.15, 0.2) is 51.9 Å². The van der Waals surface area contributed by atoms with E-state index in [1.54, 1.807) is 7.05 Å². The van der Waals surface area contributed by atoms with Gasteiger partial charge < -0.3 is 16.0 Å². The van der Waals surface area contributed by atoms with E-state index in [-0.39, 0.29) is 36.4 Å². The van der Waals surface area contributed by atoms with Crippen molar-refractivity contribution in [3.05, 3.63) is 63.1 Å². The van der Waals surface area contributed by atoms with E-state index >= 15 is 0 Å². The molecule has 0 saturated carbocycles. The van der Waals surface area contributed by atoms with Gasteiger partial charge in [-0.3, -0.25) is 9.79 Å². The van der Waals surface area contributed by atoms with Crippen molar-refractivity contribution in [2.75, 3.05) is 18.9 Å². The van der Waals surface area contributed by atoms with E-state index in [2.05, 4.69) is 36.9 Å². The predicted octanol–water partition coefficient (Wildman–Crippen LogP) is 4.33. The van der Waals surface area contributed by atoms with Gasteiger partial charge in [0.05, 0.1) is 6.54 Å². The van der Waals surface area contributed by atoms with Crippen molar-refractivity contribution in [1.29, 1.82) is 0 Å². The van der Waals surface area contributed by atoms with E-state index in [1.807, 2.05) is 49.4 Å². The van der Waals surface area contributed by atoms with Gasteiger partial charge >= 0.3 is 0 Å². The molecule has 2 aromatic carbocycles. The zero-order valence-corrected chi connectivity index (χ0v) is 19.1. The highest BCUT2D eigenvalue weighted by molar-refractivity contribution is 14.0. The number of anilines is 1. The lowest BCUT2D eigenvalue weighted by molar-refractivity contribution is -0.115. The van der Waals surface area contributed by atoms with Crippen molar-refractivity contribution >= 4 is 69.1 Å². The van der Waals surface area contributed by atoms with Gasteiger partial charge in [0.2, 0.25) is 5.91 Å². The van der Waals surface area contributed by atoms with Crippen LogP contribution in [0.1, 0.15) is 11.1 Å². The van der Waals surface area contributed by atoms with Crippen molar-refractivity contribution in [3.63, 3.8) is 0 Å². The zero-order valence-electron chi connectivity index (χ0n) is 14.5. The maximum atomic E-state index is 12.1. The summed E-state index contributed by atoms with van der Waals surface area (Å²) < 4.78 is 0.915. The minimum Gasteiger partial charge on any atom is -0.352 e. The topological polar surface area (TPSA) is 65.5 Å². The van der Waals surface area contributed by atoms with Crippen LogP contribution in [0.3, 0.4) is 0 Å². The van der Waals surface area contributed by atoms with Gasteiger partial charge in [-0.15, -0.1) is 24.0 Å². The van der Waals surface area contributed by atoms with Crippen LogP contribution in [0.25, 0.3) is 0 Å². The number of carbonyl (C=O) groups is 1. The Balaban J connectivity index is 0.00000338. The minimum absolute atomic E-state index is 0. The monoisotopic (exact) mass is 550 g/mol. The molecule has 0 fully saturated rings. The first kappa shape index (κ1) is 22.7. The van der Waals surface area contributed by atoms with Crippen molar-refractivity contribution in [2.24, 2.45) is 4.99 Å². The number of benzene rings is 2. The highest BCUT2D eigenvalue weighted by atomic mass is 127. The molecule has 2 rings (SSSR count). The van der Waals surface area contributed by atoms with Gasteiger partial charge in [0, 0.05) is 28.8 Å². The van der Waals surface area contributed by atoms with E-state index in [4.69, 9.17) is 11.6 Å². The van der Waals surface area contributed by atoms with E-state index in [0.29, 0.717) is 17.5 Å². The third-order valence-corrected chi connectivity index (χ3v) is 4.38. The van der Waals surface area contributed by atoms with Crippen LogP contribution in [0.5, 0.6) is 0 Å². The Morgan fingerprint density at radius 1 is 1.19 bits per heavy atom. The fourth-order valence-corrected chi connectivity index (χ4v) is 2.69. The van der Waals surface area contributed by atoms with Crippen LogP contribution in [0, 0.1) is 6.92 Å². The van der Waals surface area contributed by atoms with Gasteiger partial charge in [0.1, 0.15) is 0 Å². The zero-order chi connectivity index (χ0) is 18.2. The summed E-state index contributed by atoms with van der Waals surface area (Å²) in [6, 6.07) is 13.3. The maximum absolute atomic E-state index is 12.1. The van der Waals surface area contributed by atoms with Crippen molar-refractivity contribution in [2.45, 2.75) is 13.5 Å². The number of carbonyl (C=O) groups excluding carboxylic acids is 1. The molecule has 0 aliphatic carbocycles. The number of aryl methyl sites for hydroxylation is 1. The molecule has 1 amide bonds. The first-order valence-corrected chi connectivity index (χ1v) is 8.90. The molecule has 26 heavy (non-hydrogen) atoms. The number of hydrogen-bond acceptors (Lipinski definition) is 2. The van der Waals surface area contributed by atoms with Crippen molar-refractivity contribution in [1.82, 2.24) is 10.6 Å². The predicted molar refractivity (Wildman–Crippen MR) is 123 cm³/mol. The summed E-state index contributed by atoms with van der Waals surface area (Å²) in [6.07, 6.45) is 0. The second-order valence-corrected chi connectivity index (χ2v) is 6.70. The second-order valence-electron chi connectivity index (χ2n) is 5.38. The number of amides is 1. The molecule has 0 radical (unpaired) electrons. The molecule has 8 heteroatoms. The molecular formula is C18H21BrClIN4O. The lowest BCUT2D eigenvalue weighted by Crippen LogP contribution is -2.41. The third kappa shape index (κ3) is 7.13. The Labute approximate surface area is 184 Å². The van der Waals surface area contributed by atoms with Gasteiger partial charge in [-0.25, -0.2) is 0 Å². The molecule has 0 aliphatic rings. The van der Waals surface area contributed by atoms with Gasteiger partial charge in [0.25, 0.3) is 0 Å². The Morgan fingerprint density at radius 2 is 1.92 bits per heavy atom. The largest absolute Gasteiger partial charge is 0.352 e. The second kappa shape index (κ2) is 11.4. The number of nitrogens with one attached hydrogen (secondary N) is 3. The highest BCUT2D eigenvalue weighted by Gasteiger charge is 2.07. The average Bonchev–Trinajstić information content (AvgIpc) is 2.59. The first-order chi connectivity index (χ1) is 12.0. The molecule has 0 unspecified atom stereocenters. The minimum atomic E-state index is -0.151. The number of halogens is 3. The van der Waals surface area contributed by atoms with Gasteiger partial charge in [-0.1, -0.05) is 51.8 Å². The summed E-state index contributed by atoms with van der Waals surface area (Å²) in [6.45, 7) is 2.57. The fourth-order valence-electron chi connectivity index (χ4n) is 2.13. The Bertz CT molecular complexity index is 786. The quantitative estimate of drug-likeness (QED) is 0.295. The molecule has 2 aromatic rings. The molecule has 0 spiro atoms. The molecule has 0 heterocycles. The average molecular weight is 552 g/mol.